The molecule has 3 heterocycles. The van der Waals surface area contributed by atoms with Crippen LogP contribution in [0.4, 0.5) is 11.6 Å². The summed E-state index contributed by atoms with van der Waals surface area (Å²) in [7, 11) is 3.19. The lowest BCUT2D eigenvalue weighted by Crippen LogP contribution is -2.39. The predicted molar refractivity (Wildman–Crippen MR) is 104 cm³/mol. The van der Waals surface area contributed by atoms with Gasteiger partial charge in [-0.15, -0.1) is 6.58 Å². The molecule has 0 fully saturated rings. The Morgan fingerprint density at radius 1 is 1.33 bits per heavy atom. The van der Waals surface area contributed by atoms with Crippen LogP contribution in [0.3, 0.4) is 0 Å². The minimum absolute atomic E-state index is 0.147. The largest absolute Gasteiger partial charge is 0.495 e. The third-order valence-corrected chi connectivity index (χ3v) is 4.98. The molecular formula is C18H18ClN5O3. The summed E-state index contributed by atoms with van der Waals surface area (Å²) in [4.78, 5) is 31.9. The van der Waals surface area contributed by atoms with E-state index in [4.69, 9.17) is 16.3 Å². The molecule has 27 heavy (non-hydrogen) atoms. The topological polar surface area (TPSA) is 74.3 Å². The van der Waals surface area contributed by atoms with E-state index < -0.39 is 5.69 Å². The second-order valence-corrected chi connectivity index (χ2v) is 6.69. The van der Waals surface area contributed by atoms with Crippen molar-refractivity contribution in [1.82, 2.24) is 18.7 Å². The number of hydrogen-bond acceptors (Lipinski definition) is 5. The Bertz CT molecular complexity index is 1190. The van der Waals surface area contributed by atoms with E-state index >= 15 is 0 Å². The van der Waals surface area contributed by atoms with Gasteiger partial charge in [-0.25, -0.2) is 4.79 Å². The maximum atomic E-state index is 12.9. The number of ether oxygens (including phenoxy) is 1. The van der Waals surface area contributed by atoms with Gasteiger partial charge in [0.25, 0.3) is 5.56 Å². The van der Waals surface area contributed by atoms with Crippen molar-refractivity contribution >= 4 is 34.4 Å². The number of methoxy groups -OCH3 is 1. The minimum Gasteiger partial charge on any atom is -0.495 e. The normalized spacial score (nSPS) is 13.2. The second-order valence-electron chi connectivity index (χ2n) is 6.25. The van der Waals surface area contributed by atoms with E-state index in [1.807, 2.05) is 9.47 Å². The molecule has 2 aromatic heterocycles. The van der Waals surface area contributed by atoms with E-state index in [-0.39, 0.29) is 12.1 Å². The van der Waals surface area contributed by atoms with Crippen LogP contribution < -0.4 is 20.9 Å². The van der Waals surface area contributed by atoms with Crippen molar-refractivity contribution in [3.05, 3.63) is 56.7 Å². The Kier molecular flexibility index (Phi) is 4.07. The first-order chi connectivity index (χ1) is 13.0. The van der Waals surface area contributed by atoms with E-state index in [2.05, 4.69) is 11.6 Å². The lowest BCUT2D eigenvalue weighted by atomic mass is 10.2. The number of rotatable bonds is 4. The van der Waals surface area contributed by atoms with Gasteiger partial charge < -0.3 is 14.2 Å². The molecule has 0 bridgehead atoms. The molecule has 0 amide bonds. The third kappa shape index (κ3) is 2.48. The Labute approximate surface area is 159 Å². The number of aromatic nitrogens is 4. The van der Waals surface area contributed by atoms with Gasteiger partial charge in [0.1, 0.15) is 5.75 Å². The number of halogens is 1. The standard InChI is InChI=1S/C18H18ClN5O3/c1-4-7-24-16(25)14-15(21(2)18(24)26)20-17-22(8-9-23(14)17)12-10-11(19)5-6-13(12)27-3/h4-6,10H,1,7-9H2,2-3H3. The summed E-state index contributed by atoms with van der Waals surface area (Å²) in [5.41, 5.74) is 0.724. The van der Waals surface area contributed by atoms with Crippen LogP contribution in [-0.2, 0) is 20.1 Å². The van der Waals surface area contributed by atoms with E-state index in [1.54, 1.807) is 32.4 Å². The van der Waals surface area contributed by atoms with Crippen LogP contribution in [0.15, 0.2) is 40.4 Å². The van der Waals surface area contributed by atoms with Crippen LogP contribution in [0.25, 0.3) is 11.2 Å². The molecule has 0 atom stereocenters. The zero-order valence-corrected chi connectivity index (χ0v) is 15.7. The molecule has 140 valence electrons. The Balaban J connectivity index is 1.99. The molecule has 9 heteroatoms. The molecule has 0 unspecified atom stereocenters. The zero-order valence-electron chi connectivity index (χ0n) is 15.0. The fourth-order valence-electron chi connectivity index (χ4n) is 3.47. The number of nitrogens with zero attached hydrogens (tertiary/aromatic N) is 5. The first kappa shape index (κ1) is 17.4. The van der Waals surface area contributed by atoms with Gasteiger partial charge in [-0.3, -0.25) is 13.9 Å². The van der Waals surface area contributed by atoms with Gasteiger partial charge in [0, 0.05) is 31.7 Å². The molecular weight excluding hydrogens is 370 g/mol. The summed E-state index contributed by atoms with van der Waals surface area (Å²) in [5.74, 6) is 1.23. The van der Waals surface area contributed by atoms with Gasteiger partial charge in [-0.1, -0.05) is 17.7 Å². The number of fused-ring (bicyclic) bond motifs is 3. The highest BCUT2D eigenvalue weighted by Crippen LogP contribution is 2.38. The summed E-state index contributed by atoms with van der Waals surface area (Å²) in [5, 5.41) is 0.570. The van der Waals surface area contributed by atoms with Crippen LogP contribution in [0.2, 0.25) is 5.02 Å². The summed E-state index contributed by atoms with van der Waals surface area (Å²) >= 11 is 6.17. The molecule has 0 saturated carbocycles. The number of hydrogen-bond donors (Lipinski definition) is 0. The van der Waals surface area contributed by atoms with Crippen molar-refractivity contribution < 1.29 is 4.74 Å². The molecule has 3 aromatic rings. The quantitative estimate of drug-likeness (QED) is 0.639. The third-order valence-electron chi connectivity index (χ3n) is 4.74. The van der Waals surface area contributed by atoms with E-state index in [9.17, 15) is 9.59 Å². The number of allylic oxidation sites excluding steroid dienone is 1. The molecule has 1 aromatic carbocycles. The summed E-state index contributed by atoms with van der Waals surface area (Å²) < 4.78 is 9.83. The summed E-state index contributed by atoms with van der Waals surface area (Å²) in [6.45, 7) is 4.94. The second kappa shape index (κ2) is 6.31. The Hall–Kier alpha value is -3.00. The van der Waals surface area contributed by atoms with Crippen molar-refractivity contribution in [1.29, 1.82) is 0 Å². The maximum absolute atomic E-state index is 12.9. The fourth-order valence-corrected chi connectivity index (χ4v) is 3.64. The van der Waals surface area contributed by atoms with Crippen molar-refractivity contribution in [2.24, 2.45) is 7.05 Å². The minimum atomic E-state index is -0.420. The molecule has 8 nitrogen and oxygen atoms in total. The molecule has 4 rings (SSSR count). The number of imidazole rings is 1. The molecule has 1 aliphatic heterocycles. The van der Waals surface area contributed by atoms with Crippen LogP contribution in [0, 0.1) is 0 Å². The van der Waals surface area contributed by atoms with Gasteiger partial charge in [-0.05, 0) is 18.2 Å². The van der Waals surface area contributed by atoms with Gasteiger partial charge in [0.15, 0.2) is 11.2 Å². The SMILES string of the molecule is C=CCn1c(=O)c2c(nc3n2CCN3c2cc(Cl)ccc2OC)n(C)c1=O. The number of benzene rings is 1. The monoisotopic (exact) mass is 387 g/mol. The lowest BCUT2D eigenvalue weighted by molar-refractivity contribution is 0.415. The lowest BCUT2D eigenvalue weighted by Gasteiger charge is -2.19. The van der Waals surface area contributed by atoms with E-state index in [0.29, 0.717) is 41.0 Å². The summed E-state index contributed by atoms with van der Waals surface area (Å²) in [6.07, 6.45) is 1.53. The van der Waals surface area contributed by atoms with Crippen LogP contribution in [0.1, 0.15) is 0 Å². The van der Waals surface area contributed by atoms with Gasteiger partial charge in [0.05, 0.1) is 12.8 Å². The highest BCUT2D eigenvalue weighted by Gasteiger charge is 2.30. The van der Waals surface area contributed by atoms with Crippen LogP contribution in [-0.4, -0.2) is 32.3 Å². The van der Waals surface area contributed by atoms with E-state index in [1.165, 1.54) is 10.6 Å². The van der Waals surface area contributed by atoms with Crippen molar-refractivity contribution in [3.8, 4) is 5.75 Å². The molecule has 0 radical (unpaired) electrons. The predicted octanol–water partition coefficient (Wildman–Crippen LogP) is 1.90. The van der Waals surface area contributed by atoms with Gasteiger partial charge >= 0.3 is 5.69 Å². The molecule has 0 N–H and O–H groups in total. The fraction of sp³-hybridized carbons (Fsp3) is 0.278. The summed E-state index contributed by atoms with van der Waals surface area (Å²) in [6, 6.07) is 5.33. The van der Waals surface area contributed by atoms with Gasteiger partial charge in [-0.2, -0.15) is 4.98 Å². The first-order valence-electron chi connectivity index (χ1n) is 8.40. The van der Waals surface area contributed by atoms with Crippen molar-refractivity contribution in [3.63, 3.8) is 0 Å². The zero-order chi connectivity index (χ0) is 19.3. The molecule has 0 saturated heterocycles. The van der Waals surface area contributed by atoms with Crippen molar-refractivity contribution in [2.75, 3.05) is 18.6 Å². The molecule has 0 aliphatic carbocycles. The molecule has 0 spiro atoms. The Morgan fingerprint density at radius 2 is 2.11 bits per heavy atom. The smallest absolute Gasteiger partial charge is 0.332 e. The highest BCUT2D eigenvalue weighted by atomic mass is 35.5. The highest BCUT2D eigenvalue weighted by molar-refractivity contribution is 6.31. The van der Waals surface area contributed by atoms with Crippen LogP contribution in [0.5, 0.6) is 5.75 Å². The van der Waals surface area contributed by atoms with E-state index in [0.717, 1.165) is 10.3 Å². The Morgan fingerprint density at radius 3 is 2.81 bits per heavy atom. The number of anilines is 2. The number of aryl methyl sites for hydroxylation is 1. The van der Waals surface area contributed by atoms with Crippen LogP contribution >= 0.6 is 11.6 Å². The average Bonchev–Trinajstić information content (AvgIpc) is 3.22. The van der Waals surface area contributed by atoms with Crippen molar-refractivity contribution in [2.45, 2.75) is 13.1 Å². The average molecular weight is 388 g/mol. The molecule has 1 aliphatic rings. The van der Waals surface area contributed by atoms with Gasteiger partial charge in [0.2, 0.25) is 5.95 Å². The first-order valence-corrected chi connectivity index (χ1v) is 8.77. The maximum Gasteiger partial charge on any atom is 0.332 e.